The Balaban J connectivity index is 1.56. The fourth-order valence-electron chi connectivity index (χ4n) is 5.29. The number of alkyl halides is 3. The number of fused-ring (bicyclic) bond motifs is 3. The summed E-state index contributed by atoms with van der Waals surface area (Å²) in [5, 5.41) is 0. The molecule has 3 fully saturated rings. The van der Waals surface area contributed by atoms with Gasteiger partial charge in [-0.15, -0.1) is 0 Å². The maximum absolute atomic E-state index is 12.8. The molecule has 1 aromatic heterocycles. The molecule has 1 aromatic carbocycles. The van der Waals surface area contributed by atoms with Gasteiger partial charge in [-0.1, -0.05) is 17.7 Å². The van der Waals surface area contributed by atoms with Crippen molar-refractivity contribution in [2.45, 2.75) is 68.4 Å². The largest absolute Gasteiger partial charge is 0.417 e. The molecule has 1 heterocycles. The molecule has 162 valence electrons. The second kappa shape index (κ2) is 7.05. The number of hydrogen-bond acceptors (Lipinski definition) is 3. The molecule has 3 saturated carbocycles. The summed E-state index contributed by atoms with van der Waals surface area (Å²) in [4.78, 5) is 4.14. The molecule has 0 spiro atoms. The SMILES string of the molecule is Cc1ccc(S(=O)(=O)O)c(CC23CCC(c4ccc(C(F)(F)F)cn4)(CC2)CC3)c1. The summed E-state index contributed by atoms with van der Waals surface area (Å²) in [7, 11) is -4.30. The summed E-state index contributed by atoms with van der Waals surface area (Å²) in [6.45, 7) is 1.89. The average Bonchev–Trinajstić information content (AvgIpc) is 2.68. The zero-order valence-corrected chi connectivity index (χ0v) is 17.5. The topological polar surface area (TPSA) is 67.3 Å². The van der Waals surface area contributed by atoms with Crippen molar-refractivity contribution in [2.24, 2.45) is 5.41 Å². The fourth-order valence-corrected chi connectivity index (χ4v) is 5.99. The van der Waals surface area contributed by atoms with Gasteiger partial charge in [0.25, 0.3) is 10.1 Å². The van der Waals surface area contributed by atoms with E-state index in [9.17, 15) is 26.1 Å². The Labute approximate surface area is 174 Å². The Bertz CT molecular complexity index is 1040. The number of hydrogen-bond donors (Lipinski definition) is 1. The minimum atomic E-state index is -4.39. The number of aryl methyl sites for hydroxylation is 1. The smallest absolute Gasteiger partial charge is 0.282 e. The van der Waals surface area contributed by atoms with E-state index in [4.69, 9.17) is 0 Å². The van der Waals surface area contributed by atoms with Crippen molar-refractivity contribution in [3.8, 4) is 0 Å². The second-order valence-electron chi connectivity index (χ2n) is 8.97. The van der Waals surface area contributed by atoms with Crippen LogP contribution in [0.5, 0.6) is 0 Å². The molecular weight excluding hydrogens is 415 g/mol. The lowest BCUT2D eigenvalue weighted by molar-refractivity contribution is -0.137. The first kappa shape index (κ1) is 21.3. The van der Waals surface area contributed by atoms with Crippen LogP contribution in [0, 0.1) is 12.3 Å². The van der Waals surface area contributed by atoms with Gasteiger partial charge >= 0.3 is 6.18 Å². The highest BCUT2D eigenvalue weighted by Crippen LogP contribution is 2.58. The van der Waals surface area contributed by atoms with E-state index in [2.05, 4.69) is 4.98 Å². The van der Waals surface area contributed by atoms with Crippen LogP contribution in [0.3, 0.4) is 0 Å². The predicted molar refractivity (Wildman–Crippen MR) is 106 cm³/mol. The molecule has 1 N–H and O–H groups in total. The number of pyridine rings is 1. The van der Waals surface area contributed by atoms with Crippen molar-refractivity contribution in [3.63, 3.8) is 0 Å². The Morgan fingerprint density at radius 3 is 2.17 bits per heavy atom. The standard InChI is InChI=1S/C22H24F3NO3S/c1-15-2-4-18(30(27,28)29)16(12-15)13-20-6-9-21(10-7-20,11-8-20)19-5-3-17(14-26-19)22(23,24)25/h2-5,12,14H,6-11,13H2,1H3,(H,27,28,29). The summed E-state index contributed by atoms with van der Waals surface area (Å²) in [5.41, 5.74) is 1.30. The lowest BCUT2D eigenvalue weighted by Gasteiger charge is -2.53. The molecule has 5 rings (SSSR count). The van der Waals surface area contributed by atoms with Crippen LogP contribution in [0.2, 0.25) is 0 Å². The minimum Gasteiger partial charge on any atom is -0.282 e. The summed E-state index contributed by atoms with van der Waals surface area (Å²) < 4.78 is 71.8. The third kappa shape index (κ3) is 3.87. The van der Waals surface area contributed by atoms with Crippen molar-refractivity contribution in [1.29, 1.82) is 0 Å². The summed E-state index contributed by atoms with van der Waals surface area (Å²) in [5.74, 6) is 0. The van der Waals surface area contributed by atoms with Gasteiger partial charge in [0.15, 0.2) is 0 Å². The van der Waals surface area contributed by atoms with Gasteiger partial charge in [-0.3, -0.25) is 9.54 Å². The Morgan fingerprint density at radius 2 is 1.67 bits per heavy atom. The van der Waals surface area contributed by atoms with Crippen LogP contribution in [0.4, 0.5) is 13.2 Å². The van der Waals surface area contributed by atoms with Crippen molar-refractivity contribution < 1.29 is 26.1 Å². The predicted octanol–water partition coefficient (Wildman–Crippen LogP) is 5.49. The van der Waals surface area contributed by atoms with E-state index in [1.165, 1.54) is 12.1 Å². The van der Waals surface area contributed by atoms with Crippen LogP contribution in [0.15, 0.2) is 41.4 Å². The zero-order valence-electron chi connectivity index (χ0n) is 16.7. The number of aromatic nitrogens is 1. The van der Waals surface area contributed by atoms with E-state index >= 15 is 0 Å². The maximum Gasteiger partial charge on any atom is 0.417 e. The van der Waals surface area contributed by atoms with Gasteiger partial charge in [-0.25, -0.2) is 0 Å². The van der Waals surface area contributed by atoms with E-state index in [1.807, 2.05) is 13.0 Å². The second-order valence-corrected chi connectivity index (χ2v) is 10.4. The first-order valence-corrected chi connectivity index (χ1v) is 11.5. The lowest BCUT2D eigenvalue weighted by atomic mass is 9.51. The normalized spacial score (nSPS) is 26.7. The van der Waals surface area contributed by atoms with Gasteiger partial charge in [-0.05, 0) is 81.0 Å². The maximum atomic E-state index is 12.8. The molecule has 3 aliphatic carbocycles. The van der Waals surface area contributed by atoms with Crippen LogP contribution < -0.4 is 0 Å². The molecule has 3 aliphatic rings. The number of nitrogens with zero attached hydrogens (tertiary/aromatic N) is 1. The molecule has 0 unspecified atom stereocenters. The molecule has 0 saturated heterocycles. The van der Waals surface area contributed by atoms with Gasteiger partial charge in [0.05, 0.1) is 10.5 Å². The van der Waals surface area contributed by atoms with Gasteiger partial charge in [0.1, 0.15) is 0 Å². The molecule has 4 nitrogen and oxygen atoms in total. The van der Waals surface area contributed by atoms with Crippen LogP contribution in [-0.2, 0) is 28.1 Å². The molecule has 2 bridgehead atoms. The van der Waals surface area contributed by atoms with Crippen LogP contribution in [0.25, 0.3) is 0 Å². The Hall–Kier alpha value is -1.93. The highest BCUT2D eigenvalue weighted by atomic mass is 32.2. The molecule has 30 heavy (non-hydrogen) atoms. The molecule has 0 radical (unpaired) electrons. The van der Waals surface area contributed by atoms with Crippen LogP contribution in [0.1, 0.15) is 60.9 Å². The van der Waals surface area contributed by atoms with Crippen LogP contribution >= 0.6 is 0 Å². The third-order valence-corrected chi connectivity index (χ3v) is 8.05. The number of halogens is 3. The van der Waals surface area contributed by atoms with E-state index in [0.717, 1.165) is 62.0 Å². The highest BCUT2D eigenvalue weighted by molar-refractivity contribution is 7.85. The van der Waals surface area contributed by atoms with Gasteiger partial charge in [0, 0.05) is 17.3 Å². The molecule has 2 aromatic rings. The Morgan fingerprint density at radius 1 is 1.03 bits per heavy atom. The lowest BCUT2D eigenvalue weighted by Crippen LogP contribution is -2.45. The quantitative estimate of drug-likeness (QED) is 0.640. The zero-order chi connectivity index (χ0) is 21.8. The monoisotopic (exact) mass is 439 g/mol. The van der Waals surface area contributed by atoms with Gasteiger partial charge in [-0.2, -0.15) is 21.6 Å². The highest BCUT2D eigenvalue weighted by Gasteiger charge is 2.50. The number of benzene rings is 1. The van der Waals surface area contributed by atoms with Gasteiger partial charge in [0.2, 0.25) is 0 Å². The first-order valence-electron chi connectivity index (χ1n) is 10.0. The van der Waals surface area contributed by atoms with Crippen molar-refractivity contribution in [1.82, 2.24) is 4.98 Å². The van der Waals surface area contributed by atoms with E-state index in [-0.39, 0.29) is 15.7 Å². The number of rotatable bonds is 4. The molecule has 0 amide bonds. The van der Waals surface area contributed by atoms with Crippen molar-refractivity contribution >= 4 is 10.1 Å². The molecule has 8 heteroatoms. The Kier molecular flexibility index (Phi) is 5.01. The molecule has 0 atom stereocenters. The summed E-state index contributed by atoms with van der Waals surface area (Å²) in [6, 6.07) is 7.58. The van der Waals surface area contributed by atoms with Gasteiger partial charge < -0.3 is 0 Å². The third-order valence-electron chi connectivity index (χ3n) is 7.10. The van der Waals surface area contributed by atoms with Crippen molar-refractivity contribution in [3.05, 3.63) is 58.9 Å². The van der Waals surface area contributed by atoms with E-state index in [1.54, 1.807) is 6.07 Å². The fraction of sp³-hybridized carbons (Fsp3) is 0.500. The first-order chi connectivity index (χ1) is 13.9. The summed E-state index contributed by atoms with van der Waals surface area (Å²) >= 11 is 0. The van der Waals surface area contributed by atoms with E-state index in [0.29, 0.717) is 12.0 Å². The minimum absolute atomic E-state index is 0.0331. The van der Waals surface area contributed by atoms with Crippen molar-refractivity contribution in [2.75, 3.05) is 0 Å². The molecular formula is C22H24F3NO3S. The van der Waals surface area contributed by atoms with E-state index < -0.39 is 21.9 Å². The summed E-state index contributed by atoms with van der Waals surface area (Å²) in [6.07, 6.45) is 2.12. The average molecular weight is 439 g/mol. The molecule has 0 aliphatic heterocycles. The van der Waals surface area contributed by atoms with Crippen LogP contribution in [-0.4, -0.2) is 18.0 Å².